The van der Waals surface area contributed by atoms with Crippen LogP contribution in [0.15, 0.2) is 41.2 Å². The van der Waals surface area contributed by atoms with E-state index >= 15 is 0 Å². The fourth-order valence-electron chi connectivity index (χ4n) is 2.08. The number of nitrogens with zero attached hydrogens (tertiary/aromatic N) is 2. The van der Waals surface area contributed by atoms with Crippen LogP contribution in [0, 0.1) is 18.3 Å². The first-order valence-electron chi connectivity index (χ1n) is 6.71. The standard InChI is InChI=1S/C16H15N3O3/c1-11-9-14(20)19(16(22)13(11)10-17)8-7-18-15(21)12-5-3-2-4-6-12/h2-6,9,22H,7-8H2,1H3,(H,18,21). The Kier molecular flexibility index (Phi) is 4.59. The number of benzene rings is 1. The largest absolute Gasteiger partial charge is 0.493 e. The van der Waals surface area contributed by atoms with Gasteiger partial charge in [0.2, 0.25) is 5.88 Å². The summed E-state index contributed by atoms with van der Waals surface area (Å²) in [5, 5.41) is 21.6. The molecule has 1 amide bonds. The number of aryl methyl sites for hydroxylation is 1. The maximum absolute atomic E-state index is 11.9. The first kappa shape index (κ1) is 15.3. The lowest BCUT2D eigenvalue weighted by Crippen LogP contribution is -2.31. The SMILES string of the molecule is Cc1cc(=O)n(CCNC(=O)c2ccccc2)c(O)c1C#N. The van der Waals surface area contributed by atoms with Gasteiger partial charge in [0.05, 0.1) is 0 Å². The van der Waals surface area contributed by atoms with Gasteiger partial charge in [-0.25, -0.2) is 0 Å². The van der Waals surface area contributed by atoms with Crippen molar-refractivity contribution in [3.05, 3.63) is 63.4 Å². The number of carbonyl (C=O) groups is 1. The Labute approximate surface area is 127 Å². The van der Waals surface area contributed by atoms with Gasteiger partial charge in [-0.2, -0.15) is 5.26 Å². The van der Waals surface area contributed by atoms with Crippen LogP contribution in [-0.2, 0) is 6.54 Å². The molecule has 2 rings (SSSR count). The lowest BCUT2D eigenvalue weighted by atomic mass is 10.1. The van der Waals surface area contributed by atoms with Gasteiger partial charge in [-0.05, 0) is 24.6 Å². The third-order valence-electron chi connectivity index (χ3n) is 3.25. The predicted molar refractivity (Wildman–Crippen MR) is 80.6 cm³/mol. The van der Waals surface area contributed by atoms with E-state index in [4.69, 9.17) is 5.26 Å². The average Bonchev–Trinajstić information content (AvgIpc) is 2.51. The van der Waals surface area contributed by atoms with Crippen LogP contribution in [0.1, 0.15) is 21.5 Å². The molecule has 6 nitrogen and oxygen atoms in total. The summed E-state index contributed by atoms with van der Waals surface area (Å²) in [4.78, 5) is 23.7. The summed E-state index contributed by atoms with van der Waals surface area (Å²) in [7, 11) is 0. The molecule has 0 aliphatic heterocycles. The number of nitriles is 1. The minimum atomic E-state index is -0.414. The summed E-state index contributed by atoms with van der Waals surface area (Å²) in [6.07, 6.45) is 0. The van der Waals surface area contributed by atoms with Crippen molar-refractivity contribution in [1.82, 2.24) is 9.88 Å². The molecule has 0 aliphatic carbocycles. The highest BCUT2D eigenvalue weighted by Crippen LogP contribution is 2.16. The minimum absolute atomic E-state index is 0.0639. The number of rotatable bonds is 4. The van der Waals surface area contributed by atoms with Crippen molar-refractivity contribution >= 4 is 5.91 Å². The quantitative estimate of drug-likeness (QED) is 0.885. The lowest BCUT2D eigenvalue weighted by molar-refractivity contribution is 0.0951. The molecule has 0 spiro atoms. The zero-order chi connectivity index (χ0) is 16.1. The number of hydrogen-bond acceptors (Lipinski definition) is 4. The fraction of sp³-hybridized carbons (Fsp3) is 0.188. The molecule has 0 aliphatic rings. The van der Waals surface area contributed by atoms with E-state index in [1.807, 2.05) is 12.1 Å². The molecule has 6 heteroatoms. The molecule has 1 aromatic carbocycles. The molecule has 2 aromatic rings. The van der Waals surface area contributed by atoms with Crippen LogP contribution in [0.4, 0.5) is 0 Å². The van der Waals surface area contributed by atoms with Gasteiger partial charge < -0.3 is 10.4 Å². The van der Waals surface area contributed by atoms with Crippen molar-refractivity contribution in [1.29, 1.82) is 5.26 Å². The zero-order valence-corrected chi connectivity index (χ0v) is 12.0. The number of aromatic hydroxyl groups is 1. The van der Waals surface area contributed by atoms with E-state index < -0.39 is 5.56 Å². The smallest absolute Gasteiger partial charge is 0.253 e. The van der Waals surface area contributed by atoms with E-state index in [1.54, 1.807) is 31.2 Å². The fourth-order valence-corrected chi connectivity index (χ4v) is 2.08. The van der Waals surface area contributed by atoms with Gasteiger partial charge in [0.25, 0.3) is 11.5 Å². The molecule has 0 fully saturated rings. The van der Waals surface area contributed by atoms with Crippen LogP contribution in [0.5, 0.6) is 5.88 Å². The number of amides is 1. The van der Waals surface area contributed by atoms with Crippen LogP contribution < -0.4 is 10.9 Å². The van der Waals surface area contributed by atoms with Crippen molar-refractivity contribution in [2.24, 2.45) is 0 Å². The molecular weight excluding hydrogens is 282 g/mol. The van der Waals surface area contributed by atoms with Gasteiger partial charge in [-0.15, -0.1) is 0 Å². The number of pyridine rings is 1. The second-order valence-electron chi connectivity index (χ2n) is 4.75. The third-order valence-corrected chi connectivity index (χ3v) is 3.25. The second kappa shape index (κ2) is 6.59. The maximum atomic E-state index is 11.9. The summed E-state index contributed by atoms with van der Waals surface area (Å²) >= 11 is 0. The first-order chi connectivity index (χ1) is 10.5. The number of aromatic nitrogens is 1. The Hall–Kier alpha value is -3.07. The van der Waals surface area contributed by atoms with Crippen LogP contribution in [0.3, 0.4) is 0 Å². The van der Waals surface area contributed by atoms with E-state index in [1.165, 1.54) is 6.07 Å². The van der Waals surface area contributed by atoms with Gasteiger partial charge >= 0.3 is 0 Å². The van der Waals surface area contributed by atoms with Crippen molar-refractivity contribution in [3.8, 4) is 11.9 Å². The number of nitrogens with one attached hydrogen (secondary N) is 1. The molecule has 0 unspecified atom stereocenters. The van der Waals surface area contributed by atoms with E-state index in [2.05, 4.69) is 5.32 Å². The van der Waals surface area contributed by atoms with E-state index in [-0.39, 0.29) is 30.4 Å². The molecule has 1 heterocycles. The van der Waals surface area contributed by atoms with E-state index in [0.717, 1.165) is 4.57 Å². The highest BCUT2D eigenvalue weighted by Gasteiger charge is 2.12. The molecular formula is C16H15N3O3. The van der Waals surface area contributed by atoms with E-state index in [9.17, 15) is 14.7 Å². The number of hydrogen-bond donors (Lipinski definition) is 2. The summed E-state index contributed by atoms with van der Waals surface area (Å²) in [6, 6.07) is 11.8. The van der Waals surface area contributed by atoms with Crippen molar-refractivity contribution in [2.45, 2.75) is 13.5 Å². The molecule has 0 saturated heterocycles. The van der Waals surface area contributed by atoms with Gasteiger partial charge in [-0.1, -0.05) is 18.2 Å². The summed E-state index contributed by atoms with van der Waals surface area (Å²) < 4.78 is 1.07. The van der Waals surface area contributed by atoms with Crippen LogP contribution >= 0.6 is 0 Å². The molecule has 0 atom stereocenters. The normalized spacial score (nSPS) is 10.0. The minimum Gasteiger partial charge on any atom is -0.493 e. The second-order valence-corrected chi connectivity index (χ2v) is 4.75. The predicted octanol–water partition coefficient (Wildman–Crippen LogP) is 1.16. The van der Waals surface area contributed by atoms with Crippen molar-refractivity contribution in [3.63, 3.8) is 0 Å². The molecule has 0 radical (unpaired) electrons. The molecule has 22 heavy (non-hydrogen) atoms. The first-order valence-corrected chi connectivity index (χ1v) is 6.71. The molecule has 2 N–H and O–H groups in total. The highest BCUT2D eigenvalue weighted by molar-refractivity contribution is 5.94. The Balaban J connectivity index is 2.09. The monoisotopic (exact) mass is 297 g/mol. The molecule has 112 valence electrons. The molecule has 1 aromatic heterocycles. The summed E-state index contributed by atoms with van der Waals surface area (Å²) in [5.41, 5.74) is 0.590. The summed E-state index contributed by atoms with van der Waals surface area (Å²) in [6.45, 7) is 1.83. The van der Waals surface area contributed by atoms with Gasteiger partial charge in [-0.3, -0.25) is 14.2 Å². The van der Waals surface area contributed by atoms with Gasteiger partial charge in [0, 0.05) is 24.7 Å². The lowest BCUT2D eigenvalue weighted by Gasteiger charge is -2.11. The Bertz CT molecular complexity index is 789. The van der Waals surface area contributed by atoms with E-state index in [0.29, 0.717) is 11.1 Å². The van der Waals surface area contributed by atoms with Crippen LogP contribution in [-0.4, -0.2) is 22.1 Å². The Morgan fingerprint density at radius 2 is 2.05 bits per heavy atom. The third kappa shape index (κ3) is 3.15. The Morgan fingerprint density at radius 3 is 2.68 bits per heavy atom. The van der Waals surface area contributed by atoms with Crippen LogP contribution in [0.2, 0.25) is 0 Å². The van der Waals surface area contributed by atoms with Crippen LogP contribution in [0.25, 0.3) is 0 Å². The highest BCUT2D eigenvalue weighted by atomic mass is 16.3. The van der Waals surface area contributed by atoms with Gasteiger partial charge in [0.1, 0.15) is 11.6 Å². The average molecular weight is 297 g/mol. The Morgan fingerprint density at radius 1 is 1.36 bits per heavy atom. The summed E-state index contributed by atoms with van der Waals surface area (Å²) in [5.74, 6) is -0.637. The number of carbonyl (C=O) groups excluding carboxylic acids is 1. The maximum Gasteiger partial charge on any atom is 0.253 e. The molecule has 0 saturated carbocycles. The zero-order valence-electron chi connectivity index (χ0n) is 12.0. The van der Waals surface area contributed by atoms with Crippen molar-refractivity contribution < 1.29 is 9.90 Å². The van der Waals surface area contributed by atoms with Gasteiger partial charge in [0.15, 0.2) is 0 Å². The molecule has 0 bridgehead atoms. The van der Waals surface area contributed by atoms with Crippen molar-refractivity contribution in [2.75, 3.05) is 6.54 Å². The topological polar surface area (TPSA) is 95.1 Å².